The lowest BCUT2D eigenvalue weighted by Gasteiger charge is -2.37. The number of carbonyl (C=O) groups excluding carboxylic acids is 2. The summed E-state index contributed by atoms with van der Waals surface area (Å²) in [6.45, 7) is 2.12. The summed E-state index contributed by atoms with van der Waals surface area (Å²) >= 11 is 0. The SMILES string of the molecule is O=C1[C@@H]2[C@@H](CC(COc3ccccc3)=C([C@H](O)CC/C(=C/c3ccccc3O)c3ccccn3)[C@@H]2CO)C(=O)N1C1CCN(Cc2ccccc2)CC1. The fourth-order valence-electron chi connectivity index (χ4n) is 8.41. The van der Waals surface area contributed by atoms with Crippen LogP contribution in [0.3, 0.4) is 0 Å². The van der Waals surface area contributed by atoms with Crippen LogP contribution in [0.1, 0.15) is 48.9 Å². The molecule has 1 aliphatic carbocycles. The highest BCUT2D eigenvalue weighted by molar-refractivity contribution is 6.06. The smallest absolute Gasteiger partial charge is 0.234 e. The topological polar surface area (TPSA) is 123 Å². The molecule has 2 aliphatic heterocycles. The van der Waals surface area contributed by atoms with Crippen molar-refractivity contribution >= 4 is 23.5 Å². The number of para-hydroxylation sites is 2. The number of allylic oxidation sites excluding steroid dienone is 1. The first-order valence-electron chi connectivity index (χ1n) is 18.6. The zero-order valence-electron chi connectivity index (χ0n) is 29.8. The summed E-state index contributed by atoms with van der Waals surface area (Å²) in [4.78, 5) is 36.9. The Balaban J connectivity index is 1.13. The predicted molar refractivity (Wildman–Crippen MR) is 203 cm³/mol. The van der Waals surface area contributed by atoms with E-state index in [9.17, 15) is 24.9 Å². The van der Waals surface area contributed by atoms with E-state index < -0.39 is 23.9 Å². The van der Waals surface area contributed by atoms with Gasteiger partial charge in [-0.25, -0.2) is 0 Å². The lowest BCUT2D eigenvalue weighted by atomic mass is 9.68. The second kappa shape index (κ2) is 16.7. The zero-order chi connectivity index (χ0) is 36.7. The van der Waals surface area contributed by atoms with Gasteiger partial charge in [-0.15, -0.1) is 0 Å². The van der Waals surface area contributed by atoms with Gasteiger partial charge in [-0.05, 0) is 90.8 Å². The minimum absolute atomic E-state index is 0.121. The molecule has 0 unspecified atom stereocenters. The van der Waals surface area contributed by atoms with Gasteiger partial charge in [0.15, 0.2) is 0 Å². The maximum atomic E-state index is 14.3. The largest absolute Gasteiger partial charge is 0.507 e. The van der Waals surface area contributed by atoms with Crippen molar-refractivity contribution in [1.29, 1.82) is 0 Å². The van der Waals surface area contributed by atoms with Crippen LogP contribution in [0.15, 0.2) is 120 Å². The number of aliphatic hydroxyl groups is 2. The Bertz CT molecular complexity index is 1920. The van der Waals surface area contributed by atoms with E-state index in [2.05, 4.69) is 22.0 Å². The van der Waals surface area contributed by atoms with E-state index in [0.717, 1.165) is 30.8 Å². The van der Waals surface area contributed by atoms with Gasteiger partial charge in [-0.1, -0.05) is 72.8 Å². The van der Waals surface area contributed by atoms with Crippen LogP contribution in [0.2, 0.25) is 0 Å². The number of hydrogen-bond acceptors (Lipinski definition) is 8. The van der Waals surface area contributed by atoms with E-state index in [-0.39, 0.29) is 49.7 Å². The monoisotopic (exact) mass is 713 g/mol. The molecule has 274 valence electrons. The zero-order valence-corrected chi connectivity index (χ0v) is 29.8. The first-order valence-corrected chi connectivity index (χ1v) is 18.6. The number of benzene rings is 3. The lowest BCUT2D eigenvalue weighted by Crippen LogP contribution is -2.47. The second-order valence-electron chi connectivity index (χ2n) is 14.3. The molecule has 2 fully saturated rings. The third-order valence-electron chi connectivity index (χ3n) is 11.0. The highest BCUT2D eigenvalue weighted by Crippen LogP contribution is 2.47. The molecule has 53 heavy (non-hydrogen) atoms. The van der Waals surface area contributed by atoms with Gasteiger partial charge in [-0.2, -0.15) is 0 Å². The van der Waals surface area contributed by atoms with Crippen molar-refractivity contribution in [2.75, 3.05) is 26.3 Å². The molecular weight excluding hydrogens is 666 g/mol. The van der Waals surface area contributed by atoms with Crippen LogP contribution < -0.4 is 4.74 Å². The second-order valence-corrected chi connectivity index (χ2v) is 14.3. The van der Waals surface area contributed by atoms with Crippen molar-refractivity contribution in [2.24, 2.45) is 17.8 Å². The summed E-state index contributed by atoms with van der Waals surface area (Å²) in [6, 6.07) is 32.1. The number of pyridine rings is 1. The molecule has 9 nitrogen and oxygen atoms in total. The van der Waals surface area contributed by atoms with Crippen molar-refractivity contribution in [3.8, 4) is 11.5 Å². The van der Waals surface area contributed by atoms with Gasteiger partial charge < -0.3 is 20.1 Å². The number of amides is 2. The van der Waals surface area contributed by atoms with Crippen molar-refractivity contribution in [3.05, 3.63) is 137 Å². The molecule has 9 heteroatoms. The van der Waals surface area contributed by atoms with E-state index in [1.807, 2.05) is 84.9 Å². The molecule has 3 aromatic carbocycles. The molecule has 0 spiro atoms. The summed E-state index contributed by atoms with van der Waals surface area (Å²) in [7, 11) is 0. The highest BCUT2D eigenvalue weighted by Gasteiger charge is 2.56. The number of aliphatic hydroxyl groups excluding tert-OH is 2. The Morgan fingerprint density at radius 1 is 0.887 bits per heavy atom. The number of phenolic OH excluding ortho intramolecular Hbond substituents is 1. The van der Waals surface area contributed by atoms with Crippen LogP contribution in [-0.4, -0.2) is 80.4 Å². The average molecular weight is 714 g/mol. The molecule has 7 rings (SSSR count). The number of ether oxygens (including phenoxy) is 1. The molecule has 4 atom stereocenters. The fraction of sp³-hybridized carbons (Fsp3) is 0.341. The number of imide groups is 1. The van der Waals surface area contributed by atoms with E-state index in [0.29, 0.717) is 41.8 Å². The quantitative estimate of drug-likeness (QED) is 0.112. The minimum Gasteiger partial charge on any atom is -0.507 e. The van der Waals surface area contributed by atoms with Crippen LogP contribution >= 0.6 is 0 Å². The fourth-order valence-corrected chi connectivity index (χ4v) is 8.41. The first kappa shape index (κ1) is 36.3. The molecule has 0 radical (unpaired) electrons. The molecule has 3 N–H and O–H groups in total. The van der Waals surface area contributed by atoms with Crippen LogP contribution in [0, 0.1) is 17.8 Å². The maximum absolute atomic E-state index is 14.3. The molecule has 0 saturated carbocycles. The van der Waals surface area contributed by atoms with Gasteiger partial charge in [0.1, 0.15) is 18.1 Å². The molecular formula is C44H47N3O6. The van der Waals surface area contributed by atoms with Crippen LogP contribution in [-0.2, 0) is 16.1 Å². The van der Waals surface area contributed by atoms with Gasteiger partial charge in [0.25, 0.3) is 0 Å². The van der Waals surface area contributed by atoms with E-state index in [1.54, 1.807) is 18.3 Å². The van der Waals surface area contributed by atoms with E-state index in [1.165, 1.54) is 10.5 Å². The lowest BCUT2D eigenvalue weighted by molar-refractivity contribution is -0.144. The van der Waals surface area contributed by atoms with Gasteiger partial charge in [0.05, 0.1) is 30.2 Å². The Labute approximate surface area is 310 Å². The molecule has 2 amide bonds. The standard InChI is InChI=1S/C44H47N3O6/c48-28-37-41(40(50)19-18-31(38-16-9-10-22-45-38)25-32-13-7-8-17-39(32)49)33(29-53-35-14-5-2-6-15-35)26-36-42(37)44(52)47(43(36)51)34-20-23-46(24-21-34)27-30-11-3-1-4-12-30/h1-17,22,25,34,36-37,40,42,48-50H,18-21,23-24,26-29H2/b31-25-/t36-,37+,40-,42-/m1/s1. The van der Waals surface area contributed by atoms with Crippen LogP contribution in [0.4, 0.5) is 0 Å². The van der Waals surface area contributed by atoms with Crippen molar-refractivity contribution in [3.63, 3.8) is 0 Å². The van der Waals surface area contributed by atoms with Crippen LogP contribution in [0.25, 0.3) is 11.6 Å². The normalized spacial score (nSPS) is 21.9. The number of aromatic hydroxyl groups is 1. The summed E-state index contributed by atoms with van der Waals surface area (Å²) in [5.41, 5.74) is 4.72. The third kappa shape index (κ3) is 8.13. The Morgan fingerprint density at radius 2 is 1.58 bits per heavy atom. The Kier molecular flexibility index (Phi) is 11.4. The van der Waals surface area contributed by atoms with Crippen LogP contribution in [0.5, 0.6) is 11.5 Å². The van der Waals surface area contributed by atoms with Gasteiger partial charge >= 0.3 is 0 Å². The van der Waals surface area contributed by atoms with Gasteiger partial charge in [0.2, 0.25) is 11.8 Å². The van der Waals surface area contributed by atoms with Gasteiger partial charge in [0, 0.05) is 43.4 Å². The van der Waals surface area contributed by atoms with E-state index >= 15 is 0 Å². The van der Waals surface area contributed by atoms with Crippen molar-refractivity contribution < 1.29 is 29.6 Å². The highest BCUT2D eigenvalue weighted by atomic mass is 16.5. The summed E-state index contributed by atoms with van der Waals surface area (Å²) in [5, 5.41) is 33.6. The maximum Gasteiger partial charge on any atom is 0.234 e. The number of aromatic nitrogens is 1. The number of piperidine rings is 1. The number of nitrogens with zero attached hydrogens (tertiary/aromatic N) is 3. The molecule has 3 heterocycles. The molecule has 0 bridgehead atoms. The average Bonchev–Trinajstić information content (AvgIpc) is 3.45. The molecule has 3 aliphatic rings. The Morgan fingerprint density at radius 3 is 2.28 bits per heavy atom. The Hall–Kier alpha value is -5.09. The number of likely N-dealkylation sites (tertiary alicyclic amines) is 2. The number of rotatable bonds is 13. The molecule has 2 saturated heterocycles. The molecule has 4 aromatic rings. The van der Waals surface area contributed by atoms with Crippen molar-refractivity contribution in [1.82, 2.24) is 14.8 Å². The number of hydrogen-bond donors (Lipinski definition) is 3. The number of carbonyl (C=O) groups is 2. The third-order valence-corrected chi connectivity index (χ3v) is 11.0. The van der Waals surface area contributed by atoms with Crippen molar-refractivity contribution in [2.45, 2.75) is 50.8 Å². The van der Waals surface area contributed by atoms with Gasteiger partial charge in [-0.3, -0.25) is 24.4 Å². The van der Waals surface area contributed by atoms with E-state index in [4.69, 9.17) is 4.74 Å². The minimum atomic E-state index is -1.03. The predicted octanol–water partition coefficient (Wildman–Crippen LogP) is 6.12. The number of fused-ring (bicyclic) bond motifs is 1. The first-order chi connectivity index (χ1) is 25.9. The summed E-state index contributed by atoms with van der Waals surface area (Å²) < 4.78 is 6.21. The number of phenols is 1. The summed E-state index contributed by atoms with van der Waals surface area (Å²) in [6.07, 6.45) is 4.87. The summed E-state index contributed by atoms with van der Waals surface area (Å²) in [5.74, 6) is -1.77. The molecule has 1 aromatic heterocycles.